The average Bonchev–Trinajstić information content (AvgIpc) is 3.39. The number of hydrogen-bond donors (Lipinski definition) is 2. The molecule has 0 aromatic carbocycles. The molecular weight excluding hydrogens is 364 g/mol. The summed E-state index contributed by atoms with van der Waals surface area (Å²) in [6, 6.07) is 0.169. The Hall–Kier alpha value is -1.61. The van der Waals surface area contributed by atoms with E-state index in [1.807, 2.05) is 18.7 Å². The molecule has 2 N–H and O–H groups in total. The van der Waals surface area contributed by atoms with E-state index in [1.54, 1.807) is 0 Å². The summed E-state index contributed by atoms with van der Waals surface area (Å²) in [5.74, 6) is 2.26. The van der Waals surface area contributed by atoms with Crippen molar-refractivity contribution in [1.82, 2.24) is 25.0 Å². The molecular formula is C18H31N6O2S+. The van der Waals surface area contributed by atoms with E-state index >= 15 is 0 Å². The van der Waals surface area contributed by atoms with Gasteiger partial charge in [0.15, 0.2) is 11.7 Å². The van der Waals surface area contributed by atoms with E-state index < -0.39 is 0 Å². The number of hydrogen-bond acceptors (Lipinski definition) is 5. The van der Waals surface area contributed by atoms with Gasteiger partial charge in [0.25, 0.3) is 5.91 Å². The molecule has 2 fully saturated rings. The van der Waals surface area contributed by atoms with Crippen LogP contribution < -0.4 is 10.2 Å². The van der Waals surface area contributed by atoms with Gasteiger partial charge in [-0.1, -0.05) is 11.8 Å². The molecule has 150 valence electrons. The Kier molecular flexibility index (Phi) is 6.75. The molecule has 1 aromatic rings. The molecule has 0 atom stereocenters. The van der Waals surface area contributed by atoms with E-state index in [-0.39, 0.29) is 17.9 Å². The SMILES string of the molecule is CCn1c(SCC(=O)N2CC[NH+](CC(=O)NC(C)C)CC2)nnc1C1CC1. The summed E-state index contributed by atoms with van der Waals surface area (Å²) in [5, 5.41) is 12.4. The summed E-state index contributed by atoms with van der Waals surface area (Å²) in [4.78, 5) is 27.6. The van der Waals surface area contributed by atoms with Crippen LogP contribution in [0.3, 0.4) is 0 Å². The first-order valence-corrected chi connectivity index (χ1v) is 10.9. The van der Waals surface area contributed by atoms with Gasteiger partial charge in [-0.15, -0.1) is 10.2 Å². The first-order valence-electron chi connectivity index (χ1n) is 9.94. The minimum Gasteiger partial charge on any atom is -0.349 e. The van der Waals surface area contributed by atoms with Gasteiger partial charge in [0.1, 0.15) is 5.82 Å². The first kappa shape index (κ1) is 20.1. The third kappa shape index (κ3) is 5.44. The first-order chi connectivity index (χ1) is 13.0. The van der Waals surface area contributed by atoms with Gasteiger partial charge in [0, 0.05) is 18.5 Å². The van der Waals surface area contributed by atoms with E-state index in [9.17, 15) is 9.59 Å². The fourth-order valence-corrected chi connectivity index (χ4v) is 4.33. The summed E-state index contributed by atoms with van der Waals surface area (Å²) in [6.45, 7) is 10.4. The average molecular weight is 396 g/mol. The highest BCUT2D eigenvalue weighted by Crippen LogP contribution is 2.39. The van der Waals surface area contributed by atoms with E-state index in [4.69, 9.17) is 0 Å². The van der Waals surface area contributed by atoms with Gasteiger partial charge in [-0.3, -0.25) is 9.59 Å². The summed E-state index contributed by atoms with van der Waals surface area (Å²) in [7, 11) is 0. The number of rotatable bonds is 8. The van der Waals surface area contributed by atoms with Gasteiger partial charge in [0.05, 0.1) is 31.9 Å². The second kappa shape index (κ2) is 9.05. The van der Waals surface area contributed by atoms with E-state index in [1.165, 1.54) is 29.5 Å². The molecule has 0 radical (unpaired) electrons. The molecule has 9 heteroatoms. The molecule has 8 nitrogen and oxygen atoms in total. The molecule has 27 heavy (non-hydrogen) atoms. The Labute approximate surface area is 165 Å². The smallest absolute Gasteiger partial charge is 0.275 e. The maximum Gasteiger partial charge on any atom is 0.275 e. The zero-order valence-corrected chi connectivity index (χ0v) is 17.3. The molecule has 1 aromatic heterocycles. The van der Waals surface area contributed by atoms with Gasteiger partial charge in [-0.2, -0.15) is 0 Å². The lowest BCUT2D eigenvalue weighted by Crippen LogP contribution is -3.16. The number of aromatic nitrogens is 3. The van der Waals surface area contributed by atoms with Crippen molar-refractivity contribution in [3.8, 4) is 0 Å². The molecule has 1 aliphatic heterocycles. The number of quaternary nitrogens is 1. The summed E-state index contributed by atoms with van der Waals surface area (Å²) >= 11 is 1.48. The normalized spacial score (nSPS) is 18.1. The summed E-state index contributed by atoms with van der Waals surface area (Å²) in [5.41, 5.74) is 0. The van der Waals surface area contributed by atoms with Crippen molar-refractivity contribution in [3.05, 3.63) is 5.82 Å². The van der Waals surface area contributed by atoms with Crippen molar-refractivity contribution >= 4 is 23.6 Å². The quantitative estimate of drug-likeness (QED) is 0.581. The molecule has 1 saturated heterocycles. The molecule has 2 amide bonds. The molecule has 1 aliphatic carbocycles. The van der Waals surface area contributed by atoms with Crippen LogP contribution in [0.2, 0.25) is 0 Å². The zero-order valence-electron chi connectivity index (χ0n) is 16.5. The van der Waals surface area contributed by atoms with Crippen LogP contribution in [-0.4, -0.2) is 76.0 Å². The largest absolute Gasteiger partial charge is 0.349 e. The third-order valence-corrected chi connectivity index (χ3v) is 5.96. The Morgan fingerprint density at radius 3 is 2.56 bits per heavy atom. The van der Waals surface area contributed by atoms with Crippen molar-refractivity contribution in [3.63, 3.8) is 0 Å². The van der Waals surface area contributed by atoms with Crippen LogP contribution in [0.15, 0.2) is 5.16 Å². The topological polar surface area (TPSA) is 84.6 Å². The Morgan fingerprint density at radius 1 is 1.26 bits per heavy atom. The van der Waals surface area contributed by atoms with Crippen molar-refractivity contribution < 1.29 is 14.5 Å². The second-order valence-corrected chi connectivity index (χ2v) is 8.62. The number of nitrogens with zero attached hydrogens (tertiary/aromatic N) is 4. The van der Waals surface area contributed by atoms with Gasteiger partial charge in [0.2, 0.25) is 5.91 Å². The van der Waals surface area contributed by atoms with Crippen molar-refractivity contribution in [1.29, 1.82) is 0 Å². The number of carbonyl (C=O) groups is 2. The second-order valence-electron chi connectivity index (χ2n) is 7.68. The van der Waals surface area contributed by atoms with Crippen molar-refractivity contribution in [2.45, 2.75) is 57.3 Å². The van der Waals surface area contributed by atoms with Crippen molar-refractivity contribution in [2.24, 2.45) is 0 Å². The molecule has 3 rings (SSSR count). The Morgan fingerprint density at radius 2 is 1.96 bits per heavy atom. The fraction of sp³-hybridized carbons (Fsp3) is 0.778. The zero-order chi connectivity index (χ0) is 19.4. The van der Waals surface area contributed by atoms with E-state index in [0.29, 0.717) is 31.3 Å². The van der Waals surface area contributed by atoms with Crippen LogP contribution in [0.4, 0.5) is 0 Å². The standard InChI is InChI=1S/C18H30N6O2S/c1-4-24-17(14-5-6-14)20-21-18(24)27-12-16(26)23-9-7-22(8-10-23)11-15(25)19-13(2)3/h13-14H,4-12H2,1-3H3,(H,19,25)/p+1. The Balaban J connectivity index is 1.43. The summed E-state index contributed by atoms with van der Waals surface area (Å²) in [6.07, 6.45) is 2.40. The highest BCUT2D eigenvalue weighted by molar-refractivity contribution is 7.99. The molecule has 2 heterocycles. The number of thioether (sulfide) groups is 1. The Bertz CT molecular complexity index is 665. The predicted octanol–water partition coefficient (Wildman–Crippen LogP) is -0.481. The monoisotopic (exact) mass is 395 g/mol. The lowest BCUT2D eigenvalue weighted by atomic mass is 10.3. The maximum absolute atomic E-state index is 12.6. The highest BCUT2D eigenvalue weighted by atomic mass is 32.2. The predicted molar refractivity (Wildman–Crippen MR) is 104 cm³/mol. The van der Waals surface area contributed by atoms with Gasteiger partial charge in [-0.05, 0) is 33.6 Å². The number of amides is 2. The van der Waals surface area contributed by atoms with Crippen LogP contribution in [0.1, 0.15) is 45.4 Å². The molecule has 0 unspecified atom stereocenters. The maximum atomic E-state index is 12.6. The van der Waals surface area contributed by atoms with Crippen molar-refractivity contribution in [2.75, 3.05) is 38.5 Å². The van der Waals surface area contributed by atoms with E-state index in [2.05, 4.69) is 27.0 Å². The number of piperazine rings is 1. The molecule has 1 saturated carbocycles. The minimum absolute atomic E-state index is 0.0840. The minimum atomic E-state index is 0.0840. The lowest BCUT2D eigenvalue weighted by molar-refractivity contribution is -0.896. The van der Waals surface area contributed by atoms with Gasteiger partial charge in [-0.25, -0.2) is 0 Å². The van der Waals surface area contributed by atoms with Crippen LogP contribution in [0.25, 0.3) is 0 Å². The third-order valence-electron chi connectivity index (χ3n) is 5.01. The van der Waals surface area contributed by atoms with Crippen LogP contribution in [0, 0.1) is 0 Å². The van der Waals surface area contributed by atoms with Crippen LogP contribution in [0.5, 0.6) is 0 Å². The van der Waals surface area contributed by atoms with Gasteiger partial charge < -0.3 is 19.7 Å². The fourth-order valence-electron chi connectivity index (χ4n) is 3.41. The van der Waals surface area contributed by atoms with Crippen LogP contribution in [-0.2, 0) is 16.1 Å². The van der Waals surface area contributed by atoms with Crippen LogP contribution >= 0.6 is 11.8 Å². The molecule has 2 aliphatic rings. The molecule has 0 spiro atoms. The number of carbonyl (C=O) groups excluding carboxylic acids is 2. The number of nitrogens with one attached hydrogen (secondary N) is 2. The highest BCUT2D eigenvalue weighted by Gasteiger charge is 2.30. The molecule has 0 bridgehead atoms. The lowest BCUT2D eigenvalue weighted by Gasteiger charge is -2.32. The summed E-state index contributed by atoms with van der Waals surface area (Å²) < 4.78 is 2.14. The van der Waals surface area contributed by atoms with Gasteiger partial charge >= 0.3 is 0 Å². The van der Waals surface area contributed by atoms with E-state index in [0.717, 1.165) is 30.6 Å².